The molecular weight excluding hydrogens is 338 g/mol. The quantitative estimate of drug-likeness (QED) is 0.646. The standard InChI is InChI=1S/C22H21N3O2/c1-16-7-8-22(24-12-16)27-19-9-10-25(14-19)21-11-18(13-23-20(21)15-26)17-5-3-2-4-6-17/h2-8,11-13,15,19H,9-10,14H2,1H3/t19-/m0/s1. The van der Waals surface area contributed by atoms with Gasteiger partial charge in [-0.3, -0.25) is 9.78 Å². The molecule has 0 radical (unpaired) electrons. The van der Waals surface area contributed by atoms with Gasteiger partial charge >= 0.3 is 0 Å². The molecule has 2 aromatic heterocycles. The summed E-state index contributed by atoms with van der Waals surface area (Å²) in [4.78, 5) is 22.4. The Morgan fingerprint density at radius 2 is 1.93 bits per heavy atom. The van der Waals surface area contributed by atoms with Crippen molar-refractivity contribution in [2.75, 3.05) is 18.0 Å². The highest BCUT2D eigenvalue weighted by Gasteiger charge is 2.26. The van der Waals surface area contributed by atoms with Crippen LogP contribution >= 0.6 is 0 Å². The van der Waals surface area contributed by atoms with Gasteiger partial charge in [0.1, 0.15) is 11.8 Å². The van der Waals surface area contributed by atoms with E-state index in [1.807, 2.05) is 55.5 Å². The van der Waals surface area contributed by atoms with Crippen LogP contribution in [-0.2, 0) is 0 Å². The van der Waals surface area contributed by atoms with E-state index in [0.29, 0.717) is 18.1 Å². The van der Waals surface area contributed by atoms with Crippen LogP contribution in [0.4, 0.5) is 5.69 Å². The maximum absolute atomic E-state index is 11.5. The molecule has 1 saturated heterocycles. The monoisotopic (exact) mass is 359 g/mol. The fraction of sp³-hybridized carbons (Fsp3) is 0.227. The first-order chi connectivity index (χ1) is 13.2. The van der Waals surface area contributed by atoms with Crippen molar-refractivity contribution >= 4 is 12.0 Å². The van der Waals surface area contributed by atoms with Gasteiger partial charge in [-0.2, -0.15) is 0 Å². The van der Waals surface area contributed by atoms with Crippen LogP contribution < -0.4 is 9.64 Å². The van der Waals surface area contributed by atoms with E-state index in [2.05, 4.69) is 14.9 Å². The summed E-state index contributed by atoms with van der Waals surface area (Å²) < 4.78 is 6.01. The van der Waals surface area contributed by atoms with Crippen LogP contribution in [0.1, 0.15) is 22.5 Å². The van der Waals surface area contributed by atoms with Gasteiger partial charge < -0.3 is 9.64 Å². The molecule has 5 nitrogen and oxygen atoms in total. The van der Waals surface area contributed by atoms with Gasteiger partial charge in [-0.15, -0.1) is 0 Å². The van der Waals surface area contributed by atoms with E-state index in [1.165, 1.54) is 0 Å². The van der Waals surface area contributed by atoms with Crippen molar-refractivity contribution in [2.24, 2.45) is 0 Å². The number of pyridine rings is 2. The van der Waals surface area contributed by atoms with Crippen molar-refractivity contribution in [3.8, 4) is 17.0 Å². The molecule has 5 heteroatoms. The normalized spacial score (nSPS) is 16.3. The summed E-state index contributed by atoms with van der Waals surface area (Å²) in [6.45, 7) is 3.52. The highest BCUT2D eigenvalue weighted by Crippen LogP contribution is 2.29. The maximum Gasteiger partial charge on any atom is 0.213 e. The van der Waals surface area contributed by atoms with E-state index in [0.717, 1.165) is 41.6 Å². The van der Waals surface area contributed by atoms with Crippen LogP contribution in [0, 0.1) is 6.92 Å². The fourth-order valence-electron chi connectivity index (χ4n) is 3.33. The number of anilines is 1. The molecule has 136 valence electrons. The lowest BCUT2D eigenvalue weighted by Gasteiger charge is -2.21. The van der Waals surface area contributed by atoms with E-state index < -0.39 is 0 Å². The summed E-state index contributed by atoms with van der Waals surface area (Å²) >= 11 is 0. The van der Waals surface area contributed by atoms with Gasteiger partial charge in [0.15, 0.2) is 6.29 Å². The summed E-state index contributed by atoms with van der Waals surface area (Å²) in [5.74, 6) is 0.638. The van der Waals surface area contributed by atoms with Crippen molar-refractivity contribution in [3.05, 3.63) is 72.2 Å². The number of ether oxygens (including phenoxy) is 1. The van der Waals surface area contributed by atoms with Gasteiger partial charge in [-0.1, -0.05) is 36.4 Å². The molecule has 0 amide bonds. The van der Waals surface area contributed by atoms with E-state index in [-0.39, 0.29) is 6.10 Å². The third-order valence-corrected chi connectivity index (χ3v) is 4.77. The predicted molar refractivity (Wildman–Crippen MR) is 105 cm³/mol. The number of hydrogen-bond donors (Lipinski definition) is 0. The zero-order valence-corrected chi connectivity index (χ0v) is 15.2. The summed E-state index contributed by atoms with van der Waals surface area (Å²) in [7, 11) is 0. The number of aromatic nitrogens is 2. The average Bonchev–Trinajstić information content (AvgIpc) is 3.18. The minimum atomic E-state index is 0.0417. The van der Waals surface area contributed by atoms with E-state index >= 15 is 0 Å². The molecule has 27 heavy (non-hydrogen) atoms. The molecule has 1 aromatic carbocycles. The first-order valence-corrected chi connectivity index (χ1v) is 9.08. The third-order valence-electron chi connectivity index (χ3n) is 4.77. The Morgan fingerprint density at radius 3 is 2.67 bits per heavy atom. The zero-order chi connectivity index (χ0) is 18.6. The number of carbonyl (C=O) groups excluding carboxylic acids is 1. The summed E-state index contributed by atoms with van der Waals surface area (Å²) in [6.07, 6.45) is 5.30. The Bertz CT molecular complexity index is 926. The number of aryl methyl sites for hydroxylation is 1. The fourth-order valence-corrected chi connectivity index (χ4v) is 3.33. The largest absolute Gasteiger partial charge is 0.472 e. The van der Waals surface area contributed by atoms with Crippen molar-refractivity contribution in [2.45, 2.75) is 19.4 Å². The molecule has 1 aliphatic rings. The Hall–Kier alpha value is -3.21. The minimum Gasteiger partial charge on any atom is -0.472 e. The second-order valence-corrected chi connectivity index (χ2v) is 6.76. The number of nitrogens with zero attached hydrogens (tertiary/aromatic N) is 3. The SMILES string of the molecule is Cc1ccc(O[C@H]2CCN(c3cc(-c4ccccc4)cnc3C=O)C2)nc1. The van der Waals surface area contributed by atoms with Crippen LogP contribution in [0.3, 0.4) is 0 Å². The molecule has 0 unspecified atom stereocenters. The third kappa shape index (κ3) is 3.82. The number of rotatable bonds is 5. The summed E-state index contributed by atoms with van der Waals surface area (Å²) in [5.41, 5.74) is 4.51. The smallest absolute Gasteiger partial charge is 0.213 e. The molecule has 3 aromatic rings. The van der Waals surface area contributed by atoms with Gasteiger partial charge in [0.25, 0.3) is 0 Å². The zero-order valence-electron chi connectivity index (χ0n) is 15.2. The summed E-state index contributed by atoms with van der Waals surface area (Å²) in [6, 6.07) is 16.0. The van der Waals surface area contributed by atoms with Gasteiger partial charge in [0.05, 0.1) is 12.2 Å². The van der Waals surface area contributed by atoms with Crippen molar-refractivity contribution in [3.63, 3.8) is 0 Å². The molecule has 4 rings (SSSR count). The highest BCUT2D eigenvalue weighted by molar-refractivity contribution is 5.84. The molecule has 3 heterocycles. The average molecular weight is 359 g/mol. The Balaban J connectivity index is 1.54. The van der Waals surface area contributed by atoms with E-state index in [4.69, 9.17) is 4.74 Å². The number of benzene rings is 1. The van der Waals surface area contributed by atoms with Gasteiger partial charge in [-0.25, -0.2) is 4.98 Å². The van der Waals surface area contributed by atoms with Crippen molar-refractivity contribution < 1.29 is 9.53 Å². The van der Waals surface area contributed by atoms with Crippen LogP contribution in [0.5, 0.6) is 5.88 Å². The van der Waals surface area contributed by atoms with Gasteiger partial charge in [0.2, 0.25) is 5.88 Å². The lowest BCUT2D eigenvalue weighted by atomic mass is 10.1. The first-order valence-electron chi connectivity index (χ1n) is 9.08. The van der Waals surface area contributed by atoms with Gasteiger partial charge in [0, 0.05) is 37.0 Å². The second-order valence-electron chi connectivity index (χ2n) is 6.76. The minimum absolute atomic E-state index is 0.0417. The molecule has 0 aliphatic carbocycles. The summed E-state index contributed by atoms with van der Waals surface area (Å²) in [5, 5.41) is 0. The first kappa shape index (κ1) is 17.2. The lowest BCUT2D eigenvalue weighted by molar-refractivity contribution is 0.111. The number of hydrogen-bond acceptors (Lipinski definition) is 5. The van der Waals surface area contributed by atoms with Crippen LogP contribution in [0.2, 0.25) is 0 Å². The van der Waals surface area contributed by atoms with Crippen LogP contribution in [0.15, 0.2) is 60.9 Å². The molecule has 0 spiro atoms. The molecule has 0 saturated carbocycles. The Morgan fingerprint density at radius 1 is 1.07 bits per heavy atom. The maximum atomic E-state index is 11.5. The molecule has 1 aliphatic heterocycles. The van der Waals surface area contributed by atoms with Crippen LogP contribution in [0.25, 0.3) is 11.1 Å². The molecule has 1 fully saturated rings. The number of aldehydes is 1. The van der Waals surface area contributed by atoms with Gasteiger partial charge in [-0.05, 0) is 24.1 Å². The molecule has 0 bridgehead atoms. The van der Waals surface area contributed by atoms with E-state index in [1.54, 1.807) is 12.4 Å². The van der Waals surface area contributed by atoms with Crippen molar-refractivity contribution in [1.29, 1.82) is 0 Å². The highest BCUT2D eigenvalue weighted by atomic mass is 16.5. The van der Waals surface area contributed by atoms with Crippen molar-refractivity contribution in [1.82, 2.24) is 9.97 Å². The lowest BCUT2D eigenvalue weighted by Crippen LogP contribution is -2.26. The topological polar surface area (TPSA) is 55.3 Å². The van der Waals surface area contributed by atoms with Crippen LogP contribution in [-0.4, -0.2) is 35.4 Å². The Kier molecular flexibility index (Phi) is 4.83. The molecule has 0 N–H and O–H groups in total. The Labute approximate surface area is 158 Å². The van der Waals surface area contributed by atoms with E-state index in [9.17, 15) is 4.79 Å². The predicted octanol–water partition coefficient (Wildman–Crippen LogP) is 3.92. The second kappa shape index (κ2) is 7.58. The molecular formula is C22H21N3O2. The number of carbonyl (C=O) groups is 1. The molecule has 1 atom stereocenters.